The Kier molecular flexibility index (Phi) is 6.38. The number of amides is 1. The Labute approximate surface area is 199 Å². The normalized spacial score (nSPS) is 19.9. The molecule has 1 aromatic heterocycles. The lowest BCUT2D eigenvalue weighted by molar-refractivity contribution is 0.0728. The van der Waals surface area contributed by atoms with Gasteiger partial charge in [0.1, 0.15) is 17.5 Å². The number of likely N-dealkylation sites (N-methyl/N-ethyl adjacent to an activating group) is 1. The number of fused-ring (bicyclic) bond motifs is 1. The lowest BCUT2D eigenvalue weighted by Crippen LogP contribution is -2.46. The molecule has 0 saturated carbocycles. The zero-order valence-electron chi connectivity index (χ0n) is 19.9. The number of anilines is 2. The Bertz CT molecular complexity index is 1060. The highest BCUT2D eigenvalue weighted by Gasteiger charge is 2.31. The highest BCUT2D eigenvalue weighted by molar-refractivity contribution is 5.94. The van der Waals surface area contributed by atoms with Crippen LogP contribution in [0.4, 0.5) is 20.5 Å². The fourth-order valence-electron chi connectivity index (χ4n) is 5.02. The van der Waals surface area contributed by atoms with Crippen LogP contribution in [-0.2, 0) is 13.0 Å². The third-order valence-corrected chi connectivity index (χ3v) is 7.34. The fraction of sp³-hybridized carbons (Fsp3) is 0.560. The molecule has 2 saturated heterocycles. The maximum Gasteiger partial charge on any atom is 0.257 e. The molecule has 0 atom stereocenters. The predicted octanol–water partition coefficient (Wildman–Crippen LogP) is 2.94. The van der Waals surface area contributed by atoms with Crippen LogP contribution in [0.25, 0.3) is 0 Å². The third kappa shape index (κ3) is 4.58. The predicted molar refractivity (Wildman–Crippen MR) is 127 cm³/mol. The minimum absolute atomic E-state index is 0.104. The summed E-state index contributed by atoms with van der Waals surface area (Å²) in [7, 11) is 2.13. The summed E-state index contributed by atoms with van der Waals surface area (Å²) in [6.07, 6.45) is 2.79. The van der Waals surface area contributed by atoms with E-state index < -0.39 is 17.5 Å². The molecule has 7 nitrogen and oxygen atoms in total. The van der Waals surface area contributed by atoms with Crippen LogP contribution in [0.1, 0.15) is 41.4 Å². The minimum Gasteiger partial charge on any atom is -0.356 e. The minimum atomic E-state index is -0.831. The summed E-state index contributed by atoms with van der Waals surface area (Å²) in [5.74, 6) is 0.412. The van der Waals surface area contributed by atoms with Gasteiger partial charge in [0.05, 0.1) is 17.8 Å². The number of nitrogens with zero attached hydrogens (tertiary/aromatic N) is 6. The molecule has 4 heterocycles. The number of hydrogen-bond acceptors (Lipinski definition) is 6. The average Bonchev–Trinajstić information content (AvgIpc) is 2.84. The molecule has 0 N–H and O–H groups in total. The van der Waals surface area contributed by atoms with E-state index in [4.69, 9.17) is 9.97 Å². The van der Waals surface area contributed by atoms with Gasteiger partial charge in [0.2, 0.25) is 5.95 Å². The third-order valence-electron chi connectivity index (χ3n) is 7.34. The molecule has 2 aromatic rings. The summed E-state index contributed by atoms with van der Waals surface area (Å²) in [5.41, 5.74) is 1.82. The van der Waals surface area contributed by atoms with Gasteiger partial charge in [-0.15, -0.1) is 0 Å². The molecule has 9 heteroatoms. The monoisotopic (exact) mass is 470 g/mol. The van der Waals surface area contributed by atoms with Gasteiger partial charge in [-0.2, -0.15) is 4.98 Å². The molecule has 3 aliphatic rings. The Balaban J connectivity index is 1.46. The van der Waals surface area contributed by atoms with Crippen LogP contribution in [0.2, 0.25) is 0 Å². The van der Waals surface area contributed by atoms with Crippen LogP contribution in [0.5, 0.6) is 0 Å². The van der Waals surface area contributed by atoms with Gasteiger partial charge in [-0.3, -0.25) is 4.79 Å². The number of piperazine rings is 1. The Morgan fingerprint density at radius 3 is 2.41 bits per heavy atom. The van der Waals surface area contributed by atoms with E-state index in [1.54, 1.807) is 4.90 Å². The number of benzene rings is 1. The van der Waals surface area contributed by atoms with Crippen molar-refractivity contribution < 1.29 is 13.6 Å². The van der Waals surface area contributed by atoms with Crippen LogP contribution < -0.4 is 9.80 Å². The number of hydrogen-bond donors (Lipinski definition) is 0. The van der Waals surface area contributed by atoms with Crippen LogP contribution in [0, 0.1) is 17.6 Å². The first-order valence-corrected chi connectivity index (χ1v) is 12.2. The van der Waals surface area contributed by atoms with Crippen molar-refractivity contribution in [2.24, 2.45) is 5.92 Å². The molecule has 34 heavy (non-hydrogen) atoms. The second-order valence-electron chi connectivity index (χ2n) is 9.83. The quantitative estimate of drug-likeness (QED) is 0.688. The topological polar surface area (TPSA) is 55.8 Å². The summed E-state index contributed by atoms with van der Waals surface area (Å²) >= 11 is 0. The van der Waals surface area contributed by atoms with E-state index in [2.05, 4.69) is 28.7 Å². The SMILES string of the molecule is CC1CCN(c2nc(N3CCN(C)CC3)nc3c2CN(C(=O)c2ccc(F)cc2F)CC3)CC1. The van der Waals surface area contributed by atoms with Gasteiger partial charge < -0.3 is 19.6 Å². The molecule has 0 aliphatic carbocycles. The molecule has 1 aromatic carbocycles. The zero-order chi connectivity index (χ0) is 23.8. The Morgan fingerprint density at radius 1 is 0.971 bits per heavy atom. The van der Waals surface area contributed by atoms with Crippen molar-refractivity contribution in [3.05, 3.63) is 46.7 Å². The zero-order valence-corrected chi connectivity index (χ0v) is 19.9. The van der Waals surface area contributed by atoms with Crippen molar-refractivity contribution in [1.82, 2.24) is 19.8 Å². The second kappa shape index (κ2) is 9.44. The average molecular weight is 471 g/mol. The maximum absolute atomic E-state index is 14.3. The summed E-state index contributed by atoms with van der Waals surface area (Å²) in [5, 5.41) is 0. The van der Waals surface area contributed by atoms with Gasteiger partial charge in [0.25, 0.3) is 5.91 Å². The van der Waals surface area contributed by atoms with Crippen molar-refractivity contribution in [3.8, 4) is 0 Å². The lowest BCUT2D eigenvalue weighted by atomic mass is 9.98. The maximum atomic E-state index is 14.3. The smallest absolute Gasteiger partial charge is 0.257 e. The Morgan fingerprint density at radius 2 is 1.71 bits per heavy atom. The molecular weight excluding hydrogens is 438 g/mol. The van der Waals surface area contributed by atoms with E-state index >= 15 is 0 Å². The number of carbonyl (C=O) groups excluding carboxylic acids is 1. The van der Waals surface area contributed by atoms with Crippen molar-refractivity contribution in [2.75, 3.05) is 62.7 Å². The number of aromatic nitrogens is 2. The van der Waals surface area contributed by atoms with Gasteiger partial charge in [-0.25, -0.2) is 13.8 Å². The molecule has 0 spiro atoms. The molecule has 182 valence electrons. The van der Waals surface area contributed by atoms with Gasteiger partial charge >= 0.3 is 0 Å². The highest BCUT2D eigenvalue weighted by atomic mass is 19.1. The first-order chi connectivity index (χ1) is 16.4. The first-order valence-electron chi connectivity index (χ1n) is 12.2. The number of piperidine rings is 1. The summed E-state index contributed by atoms with van der Waals surface area (Å²) < 4.78 is 27.7. The van der Waals surface area contributed by atoms with E-state index in [1.807, 2.05) is 0 Å². The summed E-state index contributed by atoms with van der Waals surface area (Å²) in [6, 6.07) is 3.11. The molecule has 0 unspecified atom stereocenters. The molecule has 0 bridgehead atoms. The summed E-state index contributed by atoms with van der Waals surface area (Å²) in [6.45, 7) is 8.62. The van der Waals surface area contributed by atoms with Crippen LogP contribution >= 0.6 is 0 Å². The fourth-order valence-corrected chi connectivity index (χ4v) is 5.02. The van der Waals surface area contributed by atoms with E-state index in [9.17, 15) is 13.6 Å². The van der Waals surface area contributed by atoms with Gasteiger partial charge in [0, 0.05) is 63.9 Å². The van der Waals surface area contributed by atoms with E-state index in [-0.39, 0.29) is 5.56 Å². The lowest BCUT2D eigenvalue weighted by Gasteiger charge is -2.38. The van der Waals surface area contributed by atoms with E-state index in [1.165, 1.54) is 6.07 Å². The molecule has 3 aliphatic heterocycles. The van der Waals surface area contributed by atoms with Gasteiger partial charge in [0.15, 0.2) is 0 Å². The standard InChI is InChI=1S/C25H32F2N6O/c1-17-5-8-31(9-6-17)23-20-16-33(24(34)19-4-3-18(26)15-21(19)27)10-7-22(20)28-25(29-23)32-13-11-30(2)12-14-32/h3-4,15,17H,5-14,16H2,1-2H3. The van der Waals surface area contributed by atoms with E-state index in [0.29, 0.717) is 25.4 Å². The molecule has 2 fully saturated rings. The van der Waals surface area contributed by atoms with Crippen LogP contribution in [0.3, 0.4) is 0 Å². The van der Waals surface area contributed by atoms with Gasteiger partial charge in [-0.05, 0) is 37.9 Å². The van der Waals surface area contributed by atoms with Crippen molar-refractivity contribution in [1.29, 1.82) is 0 Å². The Hall–Kier alpha value is -2.81. The van der Waals surface area contributed by atoms with Crippen molar-refractivity contribution in [2.45, 2.75) is 32.7 Å². The largest absolute Gasteiger partial charge is 0.356 e. The molecular formula is C25H32F2N6O. The number of rotatable bonds is 3. The molecule has 5 rings (SSSR count). The van der Waals surface area contributed by atoms with E-state index in [0.717, 1.165) is 87.3 Å². The van der Waals surface area contributed by atoms with Crippen LogP contribution in [-0.4, -0.2) is 78.5 Å². The van der Waals surface area contributed by atoms with Crippen LogP contribution in [0.15, 0.2) is 18.2 Å². The first kappa shape index (κ1) is 23.0. The molecule has 1 amide bonds. The molecule has 0 radical (unpaired) electrons. The second-order valence-corrected chi connectivity index (χ2v) is 9.83. The number of halogens is 2. The van der Waals surface area contributed by atoms with Gasteiger partial charge in [-0.1, -0.05) is 6.92 Å². The van der Waals surface area contributed by atoms with Crippen molar-refractivity contribution in [3.63, 3.8) is 0 Å². The highest BCUT2D eigenvalue weighted by Crippen LogP contribution is 2.32. The van der Waals surface area contributed by atoms with Crippen molar-refractivity contribution >= 4 is 17.7 Å². The summed E-state index contributed by atoms with van der Waals surface area (Å²) in [4.78, 5) is 31.6. The number of carbonyl (C=O) groups is 1.